The van der Waals surface area contributed by atoms with Crippen molar-refractivity contribution < 1.29 is 9.21 Å². The molecule has 7 nitrogen and oxygen atoms in total. The number of hydrogen-bond acceptors (Lipinski definition) is 5. The molecule has 1 atom stereocenters. The number of anilines is 1. The lowest BCUT2D eigenvalue weighted by Gasteiger charge is -2.37. The zero-order chi connectivity index (χ0) is 18.9. The number of nitrogens with zero attached hydrogens (tertiary/aromatic N) is 3. The summed E-state index contributed by atoms with van der Waals surface area (Å²) < 4.78 is 5.50. The minimum Gasteiger partial charge on any atom is -0.467 e. The molecule has 0 fully saturated rings. The summed E-state index contributed by atoms with van der Waals surface area (Å²) in [5.74, 6) is 0.653. The molecule has 2 N–H and O–H groups in total. The largest absolute Gasteiger partial charge is 0.467 e. The number of aromatic amines is 1. The van der Waals surface area contributed by atoms with E-state index in [0.717, 1.165) is 22.5 Å². The van der Waals surface area contributed by atoms with Crippen molar-refractivity contribution in [2.45, 2.75) is 12.7 Å². The van der Waals surface area contributed by atoms with Crippen LogP contribution in [0.25, 0.3) is 11.3 Å². The predicted octanol–water partition coefficient (Wildman–Crippen LogP) is 3.83. The molecule has 5 rings (SSSR count). The lowest BCUT2D eigenvalue weighted by molar-refractivity contribution is 0.0652. The van der Waals surface area contributed by atoms with E-state index in [-0.39, 0.29) is 5.91 Å². The number of para-hydroxylation sites is 1. The molecule has 1 amide bonds. The summed E-state index contributed by atoms with van der Waals surface area (Å²) in [5.41, 5.74) is 4.02. The van der Waals surface area contributed by atoms with Crippen molar-refractivity contribution in [2.75, 3.05) is 5.32 Å². The number of H-pyrrole nitrogens is 1. The molecule has 1 aromatic carbocycles. The molecule has 138 valence electrons. The van der Waals surface area contributed by atoms with Crippen molar-refractivity contribution >= 4 is 11.6 Å². The molecular formula is C21H17N5O2. The Morgan fingerprint density at radius 1 is 1.07 bits per heavy atom. The fourth-order valence-corrected chi connectivity index (χ4v) is 3.52. The number of carbonyl (C=O) groups excluding carboxylic acids is 1. The lowest BCUT2D eigenvalue weighted by atomic mass is 10.0. The van der Waals surface area contributed by atoms with Gasteiger partial charge in [-0.05, 0) is 36.4 Å². The summed E-state index contributed by atoms with van der Waals surface area (Å²) in [7, 11) is 0. The first-order chi connectivity index (χ1) is 13.8. The van der Waals surface area contributed by atoms with Gasteiger partial charge < -0.3 is 14.6 Å². The van der Waals surface area contributed by atoms with Gasteiger partial charge in [0.25, 0.3) is 5.91 Å². The van der Waals surface area contributed by atoms with Crippen LogP contribution in [0.2, 0.25) is 0 Å². The first kappa shape index (κ1) is 16.3. The van der Waals surface area contributed by atoms with E-state index < -0.39 is 6.17 Å². The van der Waals surface area contributed by atoms with Crippen LogP contribution < -0.4 is 5.32 Å². The van der Waals surface area contributed by atoms with Crippen LogP contribution >= 0.6 is 0 Å². The van der Waals surface area contributed by atoms with Gasteiger partial charge in [-0.3, -0.25) is 14.9 Å². The average molecular weight is 371 g/mol. The van der Waals surface area contributed by atoms with Crippen LogP contribution in [-0.2, 0) is 6.54 Å². The Bertz CT molecular complexity index is 1100. The number of benzene rings is 1. The fraction of sp³-hybridized carbons (Fsp3) is 0.0952. The lowest BCUT2D eigenvalue weighted by Crippen LogP contribution is -2.42. The summed E-state index contributed by atoms with van der Waals surface area (Å²) >= 11 is 0. The highest BCUT2D eigenvalue weighted by Crippen LogP contribution is 2.37. The minimum absolute atomic E-state index is 0.0610. The molecule has 3 aromatic heterocycles. The number of hydrogen-bond donors (Lipinski definition) is 2. The molecule has 4 aromatic rings. The summed E-state index contributed by atoms with van der Waals surface area (Å²) in [6.45, 7) is 0.343. The Morgan fingerprint density at radius 3 is 2.82 bits per heavy atom. The van der Waals surface area contributed by atoms with Crippen LogP contribution in [0.4, 0.5) is 5.69 Å². The van der Waals surface area contributed by atoms with Gasteiger partial charge in [0.2, 0.25) is 0 Å². The molecular weight excluding hydrogens is 354 g/mol. The highest BCUT2D eigenvalue weighted by atomic mass is 16.3. The number of amides is 1. The summed E-state index contributed by atoms with van der Waals surface area (Å²) in [6, 6.07) is 15.0. The molecule has 0 radical (unpaired) electrons. The van der Waals surface area contributed by atoms with E-state index >= 15 is 0 Å². The van der Waals surface area contributed by atoms with Crippen LogP contribution in [0.3, 0.4) is 0 Å². The maximum atomic E-state index is 13.3. The maximum Gasteiger partial charge on any atom is 0.258 e. The average Bonchev–Trinajstić information content (AvgIpc) is 3.43. The second-order valence-corrected chi connectivity index (χ2v) is 6.55. The highest BCUT2D eigenvalue weighted by molar-refractivity contribution is 6.01. The Hall–Kier alpha value is -3.87. The van der Waals surface area contributed by atoms with E-state index in [1.54, 1.807) is 29.8 Å². The van der Waals surface area contributed by atoms with Gasteiger partial charge in [-0.15, -0.1) is 0 Å². The smallest absolute Gasteiger partial charge is 0.258 e. The van der Waals surface area contributed by atoms with Gasteiger partial charge in [-0.1, -0.05) is 12.1 Å². The number of fused-ring (bicyclic) bond motifs is 1. The molecule has 7 heteroatoms. The van der Waals surface area contributed by atoms with E-state index in [1.165, 1.54) is 0 Å². The van der Waals surface area contributed by atoms with Crippen LogP contribution in [0.1, 0.15) is 27.8 Å². The van der Waals surface area contributed by atoms with Crippen molar-refractivity contribution in [1.82, 2.24) is 20.1 Å². The van der Waals surface area contributed by atoms with E-state index in [1.807, 2.05) is 48.5 Å². The first-order valence-electron chi connectivity index (χ1n) is 8.94. The van der Waals surface area contributed by atoms with Gasteiger partial charge in [0, 0.05) is 29.2 Å². The topological polar surface area (TPSA) is 87.0 Å². The van der Waals surface area contributed by atoms with Crippen molar-refractivity contribution in [3.8, 4) is 11.3 Å². The van der Waals surface area contributed by atoms with Gasteiger partial charge in [0.05, 0.1) is 30.3 Å². The van der Waals surface area contributed by atoms with Gasteiger partial charge in [-0.25, -0.2) is 0 Å². The summed E-state index contributed by atoms with van der Waals surface area (Å²) in [4.78, 5) is 19.2. The Morgan fingerprint density at radius 2 is 2.00 bits per heavy atom. The minimum atomic E-state index is -0.401. The molecule has 28 heavy (non-hydrogen) atoms. The molecule has 4 heterocycles. The van der Waals surface area contributed by atoms with Crippen molar-refractivity contribution in [3.05, 3.63) is 90.3 Å². The molecule has 0 saturated heterocycles. The maximum absolute atomic E-state index is 13.3. The van der Waals surface area contributed by atoms with Gasteiger partial charge >= 0.3 is 0 Å². The molecule has 0 bridgehead atoms. The normalized spacial score (nSPS) is 15.9. The first-order valence-corrected chi connectivity index (χ1v) is 8.94. The zero-order valence-corrected chi connectivity index (χ0v) is 14.9. The molecule has 0 aliphatic carbocycles. The van der Waals surface area contributed by atoms with Crippen LogP contribution in [0.15, 0.2) is 77.8 Å². The second kappa shape index (κ2) is 6.70. The predicted molar refractivity (Wildman–Crippen MR) is 103 cm³/mol. The molecule has 0 saturated carbocycles. The third-order valence-corrected chi connectivity index (χ3v) is 4.84. The number of aromatic nitrogens is 3. The quantitative estimate of drug-likeness (QED) is 0.569. The molecule has 0 unspecified atom stereocenters. The van der Waals surface area contributed by atoms with E-state index in [4.69, 9.17) is 4.42 Å². The van der Waals surface area contributed by atoms with Gasteiger partial charge in [-0.2, -0.15) is 5.10 Å². The van der Waals surface area contributed by atoms with E-state index in [9.17, 15) is 4.79 Å². The summed E-state index contributed by atoms with van der Waals surface area (Å²) in [6.07, 6.45) is 6.45. The summed E-state index contributed by atoms with van der Waals surface area (Å²) in [5, 5.41) is 10.8. The number of rotatable bonds is 4. The van der Waals surface area contributed by atoms with Crippen LogP contribution in [0.5, 0.6) is 0 Å². The molecule has 1 aliphatic rings. The third kappa shape index (κ3) is 2.73. The third-order valence-electron chi connectivity index (χ3n) is 4.84. The Kier molecular flexibility index (Phi) is 3.90. The number of furan rings is 1. The Labute approximate surface area is 161 Å². The fourth-order valence-electron chi connectivity index (χ4n) is 3.52. The number of pyridine rings is 1. The van der Waals surface area contributed by atoms with E-state index in [2.05, 4.69) is 20.5 Å². The van der Waals surface area contributed by atoms with Gasteiger partial charge in [0.15, 0.2) is 0 Å². The molecule has 0 spiro atoms. The van der Waals surface area contributed by atoms with Crippen LogP contribution in [-0.4, -0.2) is 26.0 Å². The number of carbonyl (C=O) groups is 1. The van der Waals surface area contributed by atoms with E-state index in [0.29, 0.717) is 17.9 Å². The number of nitrogens with one attached hydrogen (secondary N) is 2. The zero-order valence-electron chi connectivity index (χ0n) is 14.9. The van der Waals surface area contributed by atoms with Crippen LogP contribution in [0, 0.1) is 0 Å². The van der Waals surface area contributed by atoms with Crippen molar-refractivity contribution in [3.63, 3.8) is 0 Å². The highest BCUT2D eigenvalue weighted by Gasteiger charge is 2.35. The molecule has 1 aliphatic heterocycles. The second-order valence-electron chi connectivity index (χ2n) is 6.55. The van der Waals surface area contributed by atoms with Crippen molar-refractivity contribution in [2.24, 2.45) is 0 Å². The monoisotopic (exact) mass is 371 g/mol. The standard InChI is InChI=1S/C21H17N5O2/c27-21-16-7-1-2-8-18(16)24-20(26(21)13-15-6-4-10-28-15)17-12-23-25-19(17)14-5-3-9-22-11-14/h1-12,20,24H,13H2,(H,23,25)/t20-/m1/s1. The van der Waals surface area contributed by atoms with Crippen molar-refractivity contribution in [1.29, 1.82) is 0 Å². The Balaban J connectivity index is 1.61. The van der Waals surface area contributed by atoms with Gasteiger partial charge in [0.1, 0.15) is 11.9 Å². The SMILES string of the molecule is O=C1c2ccccc2N[C@@H](c2cn[nH]c2-c2cccnc2)N1Cc1ccco1.